The van der Waals surface area contributed by atoms with E-state index in [2.05, 4.69) is 42.6 Å². The first-order valence-electron chi connectivity index (χ1n) is 10.9. The molecule has 3 aromatic carbocycles. The molecule has 0 atom stereocenters. The molecule has 1 heterocycles. The monoisotopic (exact) mass is 415 g/mol. The minimum Gasteiger partial charge on any atom is -0.508 e. The number of likely N-dealkylation sites (N-methyl/N-ethyl adjacent to an activating group) is 1. The number of hydrogen-bond acceptors (Lipinski definition) is 4. The highest BCUT2D eigenvalue weighted by atomic mass is 16.5. The summed E-state index contributed by atoms with van der Waals surface area (Å²) in [6.07, 6.45) is 1.84. The van der Waals surface area contributed by atoms with Gasteiger partial charge in [-0.15, -0.1) is 0 Å². The Morgan fingerprint density at radius 3 is 2.32 bits per heavy atom. The van der Waals surface area contributed by atoms with Crippen LogP contribution in [0.3, 0.4) is 0 Å². The standard InChI is InChI=1S/C27H29NO3/c1-3-25(21-8-13-26-22(18-21)14-16-31-26)27(19-4-9-23(29)10-5-19)20-6-11-24(12-7-20)30-17-15-28-2/h4-13,18,28-29H,3,14-17H2,1-2H3/b27-25+. The van der Waals surface area contributed by atoms with Crippen LogP contribution in [0.15, 0.2) is 66.7 Å². The van der Waals surface area contributed by atoms with Crippen LogP contribution in [0.4, 0.5) is 0 Å². The molecule has 0 spiro atoms. The van der Waals surface area contributed by atoms with Crippen LogP contribution in [0.1, 0.15) is 35.6 Å². The van der Waals surface area contributed by atoms with E-state index in [0.29, 0.717) is 6.61 Å². The second kappa shape index (κ2) is 9.71. The number of nitrogens with one attached hydrogen (secondary N) is 1. The summed E-state index contributed by atoms with van der Waals surface area (Å²) in [6.45, 7) is 4.38. The van der Waals surface area contributed by atoms with E-state index < -0.39 is 0 Å². The Kier molecular flexibility index (Phi) is 6.58. The van der Waals surface area contributed by atoms with E-state index >= 15 is 0 Å². The molecule has 2 N–H and O–H groups in total. The second-order valence-corrected chi connectivity index (χ2v) is 7.65. The Bertz CT molecular complexity index is 1050. The summed E-state index contributed by atoms with van der Waals surface area (Å²) in [5.74, 6) is 2.12. The smallest absolute Gasteiger partial charge is 0.122 e. The van der Waals surface area contributed by atoms with Gasteiger partial charge in [-0.3, -0.25) is 0 Å². The molecule has 1 aliphatic heterocycles. The number of allylic oxidation sites excluding steroid dienone is 1. The lowest BCUT2D eigenvalue weighted by Gasteiger charge is -2.17. The minimum atomic E-state index is 0.268. The molecule has 31 heavy (non-hydrogen) atoms. The highest BCUT2D eigenvalue weighted by molar-refractivity contribution is 5.98. The molecular weight excluding hydrogens is 386 g/mol. The summed E-state index contributed by atoms with van der Waals surface area (Å²) in [4.78, 5) is 0. The van der Waals surface area contributed by atoms with Crippen molar-refractivity contribution in [2.45, 2.75) is 19.8 Å². The van der Waals surface area contributed by atoms with Gasteiger partial charge in [-0.25, -0.2) is 0 Å². The van der Waals surface area contributed by atoms with Gasteiger partial charge in [-0.1, -0.05) is 37.3 Å². The Morgan fingerprint density at radius 1 is 0.968 bits per heavy atom. The Hall–Kier alpha value is -3.24. The first kappa shape index (κ1) is 21.0. The van der Waals surface area contributed by atoms with E-state index in [9.17, 15) is 5.11 Å². The van der Waals surface area contributed by atoms with Crippen LogP contribution >= 0.6 is 0 Å². The van der Waals surface area contributed by atoms with Gasteiger partial charge >= 0.3 is 0 Å². The number of phenolic OH excluding ortho intramolecular Hbond substituents is 1. The molecule has 0 saturated carbocycles. The Morgan fingerprint density at radius 2 is 1.65 bits per heavy atom. The van der Waals surface area contributed by atoms with Gasteiger partial charge in [0.2, 0.25) is 0 Å². The van der Waals surface area contributed by atoms with Gasteiger partial charge < -0.3 is 19.9 Å². The van der Waals surface area contributed by atoms with Crippen molar-refractivity contribution in [1.82, 2.24) is 5.32 Å². The molecule has 0 saturated heterocycles. The van der Waals surface area contributed by atoms with Gasteiger partial charge in [0.05, 0.1) is 6.61 Å². The Labute approximate surface area is 184 Å². The summed E-state index contributed by atoms with van der Waals surface area (Å²) >= 11 is 0. The first-order valence-corrected chi connectivity index (χ1v) is 10.9. The van der Waals surface area contributed by atoms with E-state index in [4.69, 9.17) is 9.47 Å². The maximum absolute atomic E-state index is 9.82. The third kappa shape index (κ3) is 4.75. The topological polar surface area (TPSA) is 50.7 Å². The third-order valence-corrected chi connectivity index (χ3v) is 5.61. The normalized spacial score (nSPS) is 13.4. The number of fused-ring (bicyclic) bond motifs is 1. The van der Waals surface area contributed by atoms with Gasteiger partial charge in [0.25, 0.3) is 0 Å². The maximum atomic E-state index is 9.82. The lowest BCUT2D eigenvalue weighted by Crippen LogP contribution is -2.15. The minimum absolute atomic E-state index is 0.268. The number of ether oxygens (including phenoxy) is 2. The number of benzene rings is 3. The van der Waals surface area contributed by atoms with E-state index in [0.717, 1.165) is 48.6 Å². The lowest BCUT2D eigenvalue weighted by atomic mass is 9.87. The molecule has 0 bridgehead atoms. The largest absolute Gasteiger partial charge is 0.508 e. The van der Waals surface area contributed by atoms with Gasteiger partial charge in [0.1, 0.15) is 23.9 Å². The third-order valence-electron chi connectivity index (χ3n) is 5.61. The fraction of sp³-hybridized carbons (Fsp3) is 0.259. The van der Waals surface area contributed by atoms with Crippen molar-refractivity contribution in [3.05, 3.63) is 89.0 Å². The molecule has 0 amide bonds. The number of aromatic hydroxyl groups is 1. The summed E-state index contributed by atoms with van der Waals surface area (Å²) in [6, 6.07) is 22.2. The highest BCUT2D eigenvalue weighted by Gasteiger charge is 2.17. The van der Waals surface area contributed by atoms with Crippen molar-refractivity contribution in [1.29, 1.82) is 0 Å². The second-order valence-electron chi connectivity index (χ2n) is 7.65. The first-order chi connectivity index (χ1) is 15.2. The predicted molar refractivity (Wildman–Crippen MR) is 126 cm³/mol. The van der Waals surface area contributed by atoms with E-state index in [-0.39, 0.29) is 5.75 Å². The molecule has 0 aliphatic carbocycles. The summed E-state index contributed by atoms with van der Waals surface area (Å²) < 4.78 is 11.5. The van der Waals surface area contributed by atoms with E-state index in [1.807, 2.05) is 31.3 Å². The van der Waals surface area contributed by atoms with Crippen molar-refractivity contribution < 1.29 is 14.6 Å². The molecule has 0 fully saturated rings. The summed E-state index contributed by atoms with van der Waals surface area (Å²) in [7, 11) is 1.92. The number of hydrogen-bond donors (Lipinski definition) is 2. The fourth-order valence-electron chi connectivity index (χ4n) is 4.03. The van der Waals surface area contributed by atoms with Crippen LogP contribution in [-0.2, 0) is 6.42 Å². The molecular formula is C27H29NO3. The van der Waals surface area contributed by atoms with Crippen LogP contribution in [0, 0.1) is 0 Å². The van der Waals surface area contributed by atoms with E-state index in [1.54, 1.807) is 12.1 Å². The van der Waals surface area contributed by atoms with Gasteiger partial charge in [0.15, 0.2) is 0 Å². The molecule has 0 unspecified atom stereocenters. The zero-order valence-corrected chi connectivity index (χ0v) is 18.2. The predicted octanol–water partition coefficient (Wildman–Crippen LogP) is 5.29. The fourth-order valence-corrected chi connectivity index (χ4v) is 4.03. The average Bonchev–Trinajstić information content (AvgIpc) is 3.27. The van der Waals surface area contributed by atoms with Crippen LogP contribution < -0.4 is 14.8 Å². The van der Waals surface area contributed by atoms with Gasteiger partial charge in [-0.05, 0) is 83.3 Å². The van der Waals surface area contributed by atoms with Crippen molar-refractivity contribution in [2.24, 2.45) is 0 Å². The SMILES string of the molecule is CC/C(=C(/c1ccc(O)cc1)c1ccc(OCCNC)cc1)c1ccc2c(c1)CCO2. The molecule has 1 aliphatic rings. The Balaban J connectivity index is 1.79. The molecule has 3 aromatic rings. The van der Waals surface area contributed by atoms with Gasteiger partial charge in [-0.2, -0.15) is 0 Å². The van der Waals surface area contributed by atoms with Crippen molar-refractivity contribution >= 4 is 11.1 Å². The summed E-state index contributed by atoms with van der Waals surface area (Å²) in [5.41, 5.74) is 7.12. The summed E-state index contributed by atoms with van der Waals surface area (Å²) in [5, 5.41) is 12.9. The van der Waals surface area contributed by atoms with Crippen molar-refractivity contribution in [2.75, 3.05) is 26.8 Å². The maximum Gasteiger partial charge on any atom is 0.122 e. The van der Waals surface area contributed by atoms with Crippen LogP contribution in [-0.4, -0.2) is 31.9 Å². The number of phenols is 1. The lowest BCUT2D eigenvalue weighted by molar-refractivity contribution is 0.318. The van der Waals surface area contributed by atoms with Crippen LogP contribution in [0.2, 0.25) is 0 Å². The zero-order valence-electron chi connectivity index (χ0n) is 18.2. The molecule has 160 valence electrons. The van der Waals surface area contributed by atoms with Crippen LogP contribution in [0.25, 0.3) is 11.1 Å². The average molecular weight is 416 g/mol. The molecule has 4 heteroatoms. The highest BCUT2D eigenvalue weighted by Crippen LogP contribution is 2.37. The molecule has 4 nitrogen and oxygen atoms in total. The molecule has 4 rings (SSSR count). The van der Waals surface area contributed by atoms with Crippen LogP contribution in [0.5, 0.6) is 17.2 Å². The molecule has 0 radical (unpaired) electrons. The zero-order chi connectivity index (χ0) is 21.6. The van der Waals surface area contributed by atoms with Gasteiger partial charge in [0, 0.05) is 13.0 Å². The quantitative estimate of drug-likeness (QED) is 0.387. The van der Waals surface area contributed by atoms with Crippen molar-refractivity contribution in [3.63, 3.8) is 0 Å². The van der Waals surface area contributed by atoms with Crippen molar-refractivity contribution in [3.8, 4) is 17.2 Å². The van der Waals surface area contributed by atoms with E-state index in [1.165, 1.54) is 22.3 Å². The number of rotatable bonds is 8. The molecule has 0 aromatic heterocycles.